The molecule has 0 atom stereocenters. The fourth-order valence-corrected chi connectivity index (χ4v) is 4.02. The van der Waals surface area contributed by atoms with Gasteiger partial charge < -0.3 is 14.4 Å². The first kappa shape index (κ1) is 20.7. The number of aryl methyl sites for hydroxylation is 1. The number of carbonyl (C=O) groups is 1. The monoisotopic (exact) mass is 418 g/mol. The maximum atomic E-state index is 13.1. The van der Waals surface area contributed by atoms with Crippen LogP contribution in [0.4, 0.5) is 17.1 Å². The van der Waals surface area contributed by atoms with Gasteiger partial charge >= 0.3 is 0 Å². The zero-order valence-corrected chi connectivity index (χ0v) is 17.6. The van der Waals surface area contributed by atoms with Gasteiger partial charge in [-0.25, -0.2) is 0 Å². The summed E-state index contributed by atoms with van der Waals surface area (Å²) < 4.78 is 1.87. The summed E-state index contributed by atoms with van der Waals surface area (Å²) in [5, 5.41) is 11.1. The zero-order chi connectivity index (χ0) is 21.8. The van der Waals surface area contributed by atoms with Crippen molar-refractivity contribution in [3.8, 4) is 0 Å². The van der Waals surface area contributed by atoms with E-state index in [9.17, 15) is 14.9 Å². The Bertz CT molecular complexity index is 1050. The molecule has 2 heterocycles. The minimum atomic E-state index is -0.400. The van der Waals surface area contributed by atoms with Crippen molar-refractivity contribution in [2.45, 2.75) is 25.8 Å². The van der Waals surface area contributed by atoms with E-state index in [0.29, 0.717) is 12.2 Å². The topological polar surface area (TPSA) is 71.6 Å². The van der Waals surface area contributed by atoms with Crippen LogP contribution in [0.5, 0.6) is 0 Å². The molecule has 1 amide bonds. The molecule has 1 saturated heterocycles. The summed E-state index contributed by atoms with van der Waals surface area (Å²) in [6.07, 6.45) is 5.21. The Morgan fingerprint density at radius 1 is 1.00 bits per heavy atom. The van der Waals surface area contributed by atoms with Crippen LogP contribution in [0.15, 0.2) is 66.9 Å². The minimum absolute atomic E-state index is 0.0526. The average molecular weight is 418 g/mol. The highest BCUT2D eigenvalue weighted by atomic mass is 16.6. The molecule has 160 valence electrons. The molecule has 31 heavy (non-hydrogen) atoms. The van der Waals surface area contributed by atoms with Gasteiger partial charge in [-0.15, -0.1) is 0 Å². The van der Waals surface area contributed by atoms with Gasteiger partial charge in [0.05, 0.1) is 10.6 Å². The first-order valence-electron chi connectivity index (χ1n) is 10.5. The second-order valence-electron chi connectivity index (χ2n) is 7.89. The number of hydrogen-bond acceptors (Lipinski definition) is 4. The molecule has 3 aromatic rings. The molecule has 1 aliphatic heterocycles. The molecule has 1 fully saturated rings. The normalized spacial score (nSPS) is 13.8. The highest BCUT2D eigenvalue weighted by Crippen LogP contribution is 2.31. The molecule has 0 N–H and O–H groups in total. The summed E-state index contributed by atoms with van der Waals surface area (Å²) in [4.78, 5) is 27.7. The van der Waals surface area contributed by atoms with Gasteiger partial charge in [0, 0.05) is 50.7 Å². The van der Waals surface area contributed by atoms with E-state index in [1.54, 1.807) is 12.1 Å². The second kappa shape index (κ2) is 9.04. The SMILES string of the molecule is Cn1cc(N(Cc2ccccc2)c2ccc([N+](=O)[O-])cc2)cc1C(=O)N1CCCCC1. The van der Waals surface area contributed by atoms with Gasteiger partial charge in [-0.05, 0) is 43.0 Å². The quantitative estimate of drug-likeness (QED) is 0.422. The molecule has 0 radical (unpaired) electrons. The van der Waals surface area contributed by atoms with E-state index in [2.05, 4.69) is 4.90 Å². The van der Waals surface area contributed by atoms with Crippen LogP contribution >= 0.6 is 0 Å². The maximum absolute atomic E-state index is 13.1. The molecule has 2 aromatic carbocycles. The lowest BCUT2D eigenvalue weighted by Crippen LogP contribution is -2.36. The second-order valence-corrected chi connectivity index (χ2v) is 7.89. The van der Waals surface area contributed by atoms with E-state index >= 15 is 0 Å². The molecule has 0 saturated carbocycles. The third-order valence-corrected chi connectivity index (χ3v) is 5.72. The summed E-state index contributed by atoms with van der Waals surface area (Å²) in [6, 6.07) is 18.5. The standard InChI is InChI=1S/C24H26N4O3/c1-25-18-22(16-23(25)24(29)26-14-6-3-7-15-26)27(17-19-8-4-2-5-9-19)20-10-12-21(13-11-20)28(30)31/h2,4-5,8-13,16,18H,3,6-7,14-15,17H2,1H3. The fraction of sp³-hybridized carbons (Fsp3) is 0.292. The van der Waals surface area contributed by atoms with Crippen LogP contribution in [0.3, 0.4) is 0 Å². The van der Waals surface area contributed by atoms with E-state index in [0.717, 1.165) is 42.9 Å². The Morgan fingerprint density at radius 3 is 2.32 bits per heavy atom. The first-order chi connectivity index (χ1) is 15.0. The summed E-state index contributed by atoms with van der Waals surface area (Å²) in [5.74, 6) is 0.0526. The van der Waals surface area contributed by atoms with Crippen molar-refractivity contribution in [1.82, 2.24) is 9.47 Å². The average Bonchev–Trinajstić information content (AvgIpc) is 3.19. The molecular weight excluding hydrogens is 392 g/mol. The molecule has 1 aliphatic rings. The molecule has 0 unspecified atom stereocenters. The number of non-ortho nitro benzene ring substituents is 1. The molecule has 0 bridgehead atoms. The number of aromatic nitrogens is 1. The van der Waals surface area contributed by atoms with Gasteiger partial charge in [-0.1, -0.05) is 30.3 Å². The molecule has 7 nitrogen and oxygen atoms in total. The lowest BCUT2D eigenvalue weighted by Gasteiger charge is -2.26. The number of nitro benzene ring substituents is 1. The van der Waals surface area contributed by atoms with Crippen LogP contribution in [-0.2, 0) is 13.6 Å². The van der Waals surface area contributed by atoms with Crippen molar-refractivity contribution in [2.75, 3.05) is 18.0 Å². The third kappa shape index (κ3) is 4.60. The van der Waals surface area contributed by atoms with Gasteiger partial charge in [-0.2, -0.15) is 0 Å². The zero-order valence-electron chi connectivity index (χ0n) is 17.6. The number of rotatable bonds is 6. The number of nitro groups is 1. The smallest absolute Gasteiger partial charge is 0.270 e. The highest BCUT2D eigenvalue weighted by Gasteiger charge is 2.23. The van der Waals surface area contributed by atoms with Crippen LogP contribution in [0.25, 0.3) is 0 Å². The van der Waals surface area contributed by atoms with Gasteiger partial charge in [-0.3, -0.25) is 14.9 Å². The van der Waals surface area contributed by atoms with E-state index in [-0.39, 0.29) is 11.6 Å². The van der Waals surface area contributed by atoms with E-state index < -0.39 is 4.92 Å². The summed E-state index contributed by atoms with van der Waals surface area (Å²) in [5.41, 5.74) is 3.51. The van der Waals surface area contributed by atoms with Crippen molar-refractivity contribution in [3.05, 3.63) is 88.2 Å². The van der Waals surface area contributed by atoms with Crippen LogP contribution in [-0.4, -0.2) is 33.4 Å². The molecule has 7 heteroatoms. The number of likely N-dealkylation sites (tertiary alicyclic amines) is 1. The number of piperidine rings is 1. The Kier molecular flexibility index (Phi) is 6.02. The number of carbonyl (C=O) groups excluding carboxylic acids is 1. The Labute approximate surface area is 181 Å². The Morgan fingerprint density at radius 2 is 1.68 bits per heavy atom. The van der Waals surface area contributed by atoms with Gasteiger partial charge in [0.15, 0.2) is 0 Å². The number of anilines is 2. The minimum Gasteiger partial charge on any atom is -0.344 e. The van der Waals surface area contributed by atoms with E-state index in [4.69, 9.17) is 0 Å². The van der Waals surface area contributed by atoms with Crippen LogP contribution in [0.2, 0.25) is 0 Å². The van der Waals surface area contributed by atoms with Crippen molar-refractivity contribution in [3.63, 3.8) is 0 Å². The molecule has 1 aromatic heterocycles. The fourth-order valence-electron chi connectivity index (χ4n) is 4.02. The van der Waals surface area contributed by atoms with Crippen LogP contribution in [0.1, 0.15) is 35.3 Å². The first-order valence-corrected chi connectivity index (χ1v) is 10.5. The van der Waals surface area contributed by atoms with E-state index in [1.807, 2.05) is 59.1 Å². The third-order valence-electron chi connectivity index (χ3n) is 5.72. The summed E-state index contributed by atoms with van der Waals surface area (Å²) in [7, 11) is 1.89. The van der Waals surface area contributed by atoms with Gasteiger partial charge in [0.2, 0.25) is 0 Å². The lowest BCUT2D eigenvalue weighted by molar-refractivity contribution is -0.384. The van der Waals surface area contributed by atoms with Crippen molar-refractivity contribution in [2.24, 2.45) is 7.05 Å². The largest absolute Gasteiger partial charge is 0.344 e. The molecule has 4 rings (SSSR count). The predicted molar refractivity (Wildman–Crippen MR) is 121 cm³/mol. The Hall–Kier alpha value is -3.61. The summed E-state index contributed by atoms with van der Waals surface area (Å²) >= 11 is 0. The Balaban J connectivity index is 1.68. The van der Waals surface area contributed by atoms with Crippen LogP contribution < -0.4 is 4.90 Å². The van der Waals surface area contributed by atoms with E-state index in [1.165, 1.54) is 18.6 Å². The van der Waals surface area contributed by atoms with Crippen molar-refractivity contribution >= 4 is 23.0 Å². The molecular formula is C24H26N4O3. The van der Waals surface area contributed by atoms with Crippen molar-refractivity contribution in [1.29, 1.82) is 0 Å². The van der Waals surface area contributed by atoms with Crippen molar-refractivity contribution < 1.29 is 9.72 Å². The maximum Gasteiger partial charge on any atom is 0.270 e. The van der Waals surface area contributed by atoms with Gasteiger partial charge in [0.1, 0.15) is 5.69 Å². The molecule has 0 aliphatic carbocycles. The number of nitrogens with zero attached hydrogens (tertiary/aromatic N) is 4. The van der Waals surface area contributed by atoms with Crippen LogP contribution in [0, 0.1) is 10.1 Å². The lowest BCUT2D eigenvalue weighted by atomic mass is 10.1. The molecule has 0 spiro atoms. The van der Waals surface area contributed by atoms with Gasteiger partial charge in [0.25, 0.3) is 11.6 Å². The number of benzene rings is 2. The number of amides is 1. The predicted octanol–water partition coefficient (Wildman–Crippen LogP) is 4.90. The summed E-state index contributed by atoms with van der Waals surface area (Å²) in [6.45, 7) is 2.19. The highest BCUT2D eigenvalue weighted by molar-refractivity contribution is 5.94. The number of hydrogen-bond donors (Lipinski definition) is 0.